The second kappa shape index (κ2) is 7.28. The van der Waals surface area contributed by atoms with Crippen molar-refractivity contribution < 1.29 is 14.5 Å². The molecule has 126 valence electrons. The lowest BCUT2D eigenvalue weighted by molar-refractivity contribution is -0.671. The van der Waals surface area contributed by atoms with Gasteiger partial charge in [0.15, 0.2) is 18.0 Å². The van der Waals surface area contributed by atoms with Crippen LogP contribution in [0, 0.1) is 0 Å². The first-order valence-electron chi connectivity index (χ1n) is 8.16. The minimum Gasteiger partial charge on any atom is -0.372 e. The van der Waals surface area contributed by atoms with Crippen molar-refractivity contribution in [3.8, 4) is 0 Å². The topological polar surface area (TPSA) is 53.2 Å². The molecule has 3 rings (SSSR count). The number of rotatable bonds is 5. The molecule has 2 aromatic carbocycles. The molecule has 0 unspecified atom stereocenters. The standard InChI is InChI=1S/C21H20N2O2/c1-23-14-8-9-17(16-23)15-22-20(24)21(25,18-10-4-2-5-11-18)19-12-6-3-7-13-19/h2-14,16,25H,15H2,1H3/p+1. The number of carbonyl (C=O) groups excluding carboxylic acids is 1. The molecule has 4 heteroatoms. The molecular formula is C21H21N2O2+. The highest BCUT2D eigenvalue weighted by Gasteiger charge is 2.39. The number of aromatic nitrogens is 1. The van der Waals surface area contributed by atoms with Crippen LogP contribution in [0.3, 0.4) is 0 Å². The molecule has 4 nitrogen and oxygen atoms in total. The zero-order valence-corrected chi connectivity index (χ0v) is 14.1. The molecule has 0 saturated carbocycles. The predicted molar refractivity (Wildman–Crippen MR) is 95.3 cm³/mol. The molecule has 25 heavy (non-hydrogen) atoms. The molecule has 1 heterocycles. The Morgan fingerprint density at radius 2 is 1.52 bits per heavy atom. The maximum atomic E-state index is 13.0. The molecule has 2 N–H and O–H groups in total. The van der Waals surface area contributed by atoms with Crippen LogP contribution in [0.25, 0.3) is 0 Å². The highest BCUT2D eigenvalue weighted by molar-refractivity contribution is 5.90. The van der Waals surface area contributed by atoms with Gasteiger partial charge in [-0.2, -0.15) is 0 Å². The number of nitrogens with one attached hydrogen (secondary N) is 1. The fourth-order valence-electron chi connectivity index (χ4n) is 2.85. The van der Waals surface area contributed by atoms with Crippen LogP contribution in [0.15, 0.2) is 85.2 Å². The third kappa shape index (κ3) is 3.59. The SMILES string of the molecule is C[n+]1cccc(CNC(=O)C(O)(c2ccccc2)c2ccccc2)c1. The molecule has 0 atom stereocenters. The molecule has 1 aromatic heterocycles. The van der Waals surface area contributed by atoms with Gasteiger partial charge in [0.25, 0.3) is 5.91 Å². The fraction of sp³-hybridized carbons (Fsp3) is 0.143. The summed E-state index contributed by atoms with van der Waals surface area (Å²) in [4.78, 5) is 13.0. The zero-order chi connectivity index (χ0) is 17.7. The Balaban J connectivity index is 1.91. The van der Waals surface area contributed by atoms with E-state index in [-0.39, 0.29) is 0 Å². The maximum absolute atomic E-state index is 13.0. The van der Waals surface area contributed by atoms with E-state index in [9.17, 15) is 9.90 Å². The first-order valence-corrected chi connectivity index (χ1v) is 8.16. The third-order valence-corrected chi connectivity index (χ3v) is 4.17. The highest BCUT2D eigenvalue weighted by atomic mass is 16.3. The van der Waals surface area contributed by atoms with Gasteiger partial charge in [-0.25, -0.2) is 4.57 Å². The molecule has 3 aromatic rings. The number of aliphatic hydroxyl groups is 1. The monoisotopic (exact) mass is 333 g/mol. The van der Waals surface area contributed by atoms with Gasteiger partial charge in [0, 0.05) is 18.2 Å². The summed E-state index contributed by atoms with van der Waals surface area (Å²) in [6.07, 6.45) is 3.86. The van der Waals surface area contributed by atoms with Gasteiger partial charge in [0.1, 0.15) is 7.05 Å². The van der Waals surface area contributed by atoms with Crippen LogP contribution < -0.4 is 9.88 Å². The van der Waals surface area contributed by atoms with Gasteiger partial charge in [0.05, 0.1) is 0 Å². The van der Waals surface area contributed by atoms with Crippen molar-refractivity contribution in [2.45, 2.75) is 12.1 Å². The van der Waals surface area contributed by atoms with Crippen LogP contribution in [0.1, 0.15) is 16.7 Å². The van der Waals surface area contributed by atoms with E-state index in [1.807, 2.05) is 72.5 Å². The minimum atomic E-state index is -1.74. The van der Waals surface area contributed by atoms with Crippen LogP contribution >= 0.6 is 0 Å². The Morgan fingerprint density at radius 1 is 0.960 bits per heavy atom. The summed E-state index contributed by atoms with van der Waals surface area (Å²) in [6.45, 7) is 0.343. The minimum absolute atomic E-state index is 0.343. The van der Waals surface area contributed by atoms with E-state index in [2.05, 4.69) is 5.32 Å². The number of aryl methyl sites for hydroxylation is 1. The first-order chi connectivity index (χ1) is 12.1. The maximum Gasteiger partial charge on any atom is 0.261 e. The van der Waals surface area contributed by atoms with Gasteiger partial charge >= 0.3 is 0 Å². The molecule has 0 spiro atoms. The summed E-state index contributed by atoms with van der Waals surface area (Å²) in [6, 6.07) is 21.9. The van der Waals surface area contributed by atoms with Crippen molar-refractivity contribution in [2.24, 2.45) is 7.05 Å². The summed E-state index contributed by atoms with van der Waals surface area (Å²) in [5.41, 5.74) is 0.302. The summed E-state index contributed by atoms with van der Waals surface area (Å²) < 4.78 is 1.92. The lowest BCUT2D eigenvalue weighted by atomic mass is 9.85. The normalized spacial score (nSPS) is 11.1. The van der Waals surface area contributed by atoms with Gasteiger partial charge in [-0.3, -0.25) is 4.79 Å². The second-order valence-corrected chi connectivity index (χ2v) is 6.00. The number of benzene rings is 2. The van der Waals surface area contributed by atoms with E-state index >= 15 is 0 Å². The van der Waals surface area contributed by atoms with E-state index in [4.69, 9.17) is 0 Å². The van der Waals surface area contributed by atoms with Crippen molar-refractivity contribution in [3.63, 3.8) is 0 Å². The summed E-state index contributed by atoms with van der Waals surface area (Å²) in [7, 11) is 1.93. The van der Waals surface area contributed by atoms with Crippen molar-refractivity contribution >= 4 is 5.91 Å². The smallest absolute Gasteiger partial charge is 0.261 e. The third-order valence-electron chi connectivity index (χ3n) is 4.17. The molecule has 0 saturated heterocycles. The molecule has 0 aliphatic carbocycles. The van der Waals surface area contributed by atoms with Gasteiger partial charge in [0.2, 0.25) is 0 Å². The molecule has 0 radical (unpaired) electrons. The van der Waals surface area contributed by atoms with E-state index in [1.54, 1.807) is 24.3 Å². The first kappa shape index (κ1) is 16.9. The van der Waals surface area contributed by atoms with E-state index in [0.717, 1.165) is 5.56 Å². The Morgan fingerprint density at radius 3 is 2.04 bits per heavy atom. The molecule has 1 amide bonds. The average Bonchev–Trinajstić information content (AvgIpc) is 2.67. The zero-order valence-electron chi connectivity index (χ0n) is 14.1. The second-order valence-electron chi connectivity index (χ2n) is 6.00. The fourth-order valence-corrected chi connectivity index (χ4v) is 2.85. The lowest BCUT2D eigenvalue weighted by Gasteiger charge is -2.28. The van der Waals surface area contributed by atoms with Crippen molar-refractivity contribution in [1.82, 2.24) is 5.32 Å². The molecular weight excluding hydrogens is 312 g/mol. The number of amides is 1. The summed E-state index contributed by atoms with van der Waals surface area (Å²) in [5, 5.41) is 14.2. The van der Waals surface area contributed by atoms with Crippen molar-refractivity contribution in [2.75, 3.05) is 0 Å². The van der Waals surface area contributed by atoms with Crippen LogP contribution in [-0.4, -0.2) is 11.0 Å². The Kier molecular flexibility index (Phi) is 4.91. The molecule has 0 bridgehead atoms. The summed E-state index contributed by atoms with van der Waals surface area (Å²) in [5.74, 6) is -0.448. The number of carbonyl (C=O) groups is 1. The van der Waals surface area contributed by atoms with Gasteiger partial charge in [-0.05, 0) is 17.2 Å². The highest BCUT2D eigenvalue weighted by Crippen LogP contribution is 2.29. The quantitative estimate of drug-likeness (QED) is 0.702. The van der Waals surface area contributed by atoms with Crippen LogP contribution in [0.5, 0.6) is 0 Å². The van der Waals surface area contributed by atoms with E-state index in [1.165, 1.54) is 0 Å². The van der Waals surface area contributed by atoms with E-state index in [0.29, 0.717) is 17.7 Å². The van der Waals surface area contributed by atoms with Gasteiger partial charge in [-0.15, -0.1) is 0 Å². The number of pyridine rings is 1. The van der Waals surface area contributed by atoms with Crippen LogP contribution in [0.4, 0.5) is 0 Å². The molecule has 0 aliphatic rings. The average molecular weight is 333 g/mol. The van der Waals surface area contributed by atoms with Crippen molar-refractivity contribution in [1.29, 1.82) is 0 Å². The largest absolute Gasteiger partial charge is 0.372 e. The van der Waals surface area contributed by atoms with Gasteiger partial charge < -0.3 is 10.4 Å². The summed E-state index contributed by atoms with van der Waals surface area (Å²) >= 11 is 0. The number of hydrogen-bond donors (Lipinski definition) is 2. The number of nitrogens with zero attached hydrogens (tertiary/aromatic N) is 1. The Hall–Kier alpha value is -2.98. The van der Waals surface area contributed by atoms with Gasteiger partial charge in [-0.1, -0.05) is 60.7 Å². The van der Waals surface area contributed by atoms with Crippen molar-refractivity contribution in [3.05, 3.63) is 102 Å². The molecule has 0 fully saturated rings. The Labute approximate surface area is 147 Å². The van der Waals surface area contributed by atoms with Crippen LogP contribution in [-0.2, 0) is 24.0 Å². The predicted octanol–water partition coefficient (Wildman–Crippen LogP) is 2.06. The van der Waals surface area contributed by atoms with Crippen LogP contribution in [0.2, 0.25) is 0 Å². The Bertz CT molecular complexity index is 809. The lowest BCUT2D eigenvalue weighted by Crippen LogP contribution is -2.45. The van der Waals surface area contributed by atoms with E-state index < -0.39 is 11.5 Å². The number of hydrogen-bond acceptors (Lipinski definition) is 2. The molecule has 0 aliphatic heterocycles.